The maximum atomic E-state index is 12.8. The highest BCUT2D eigenvalue weighted by Gasteiger charge is 2.26. The summed E-state index contributed by atoms with van der Waals surface area (Å²) in [5.41, 5.74) is 9.31. The number of nitrogens with zero attached hydrogens (tertiary/aromatic N) is 5. The lowest BCUT2D eigenvalue weighted by Gasteiger charge is -2.17. The zero-order chi connectivity index (χ0) is 19.1. The molecule has 9 heteroatoms. The molecule has 1 aliphatic rings. The number of nitrogens with one attached hydrogen (secondary N) is 1. The minimum absolute atomic E-state index is 0.00671. The van der Waals surface area contributed by atoms with Crippen LogP contribution in [0, 0.1) is 0 Å². The van der Waals surface area contributed by atoms with Crippen molar-refractivity contribution in [2.45, 2.75) is 26.3 Å². The van der Waals surface area contributed by atoms with Crippen LogP contribution in [0.15, 0.2) is 30.9 Å². The molecule has 1 unspecified atom stereocenters. The van der Waals surface area contributed by atoms with E-state index in [1.165, 1.54) is 12.7 Å². The van der Waals surface area contributed by atoms with Gasteiger partial charge < -0.3 is 20.5 Å². The number of amides is 2. The highest BCUT2D eigenvalue weighted by molar-refractivity contribution is 5.99. The molecule has 0 aliphatic carbocycles. The molecular weight excluding hydrogens is 346 g/mol. The molecule has 0 spiro atoms. The first kappa shape index (κ1) is 17.0. The van der Waals surface area contributed by atoms with Gasteiger partial charge in [-0.25, -0.2) is 15.0 Å². The van der Waals surface area contributed by atoms with Crippen molar-refractivity contribution in [1.29, 1.82) is 0 Å². The molecule has 138 valence electrons. The summed E-state index contributed by atoms with van der Waals surface area (Å²) >= 11 is 0. The van der Waals surface area contributed by atoms with E-state index in [1.54, 1.807) is 23.3 Å². The van der Waals surface area contributed by atoms with Gasteiger partial charge in [0.05, 0.1) is 6.33 Å². The molecule has 2 amide bonds. The van der Waals surface area contributed by atoms with E-state index in [4.69, 9.17) is 5.73 Å². The van der Waals surface area contributed by atoms with Gasteiger partial charge in [0.1, 0.15) is 17.9 Å². The van der Waals surface area contributed by atoms with Crippen molar-refractivity contribution in [3.8, 4) is 0 Å². The molecule has 4 rings (SSSR count). The fourth-order valence-corrected chi connectivity index (χ4v) is 3.40. The first-order chi connectivity index (χ1) is 13.0. The van der Waals surface area contributed by atoms with E-state index < -0.39 is 6.04 Å². The highest BCUT2D eigenvalue weighted by Crippen LogP contribution is 2.34. The average Bonchev–Trinajstić information content (AvgIpc) is 3.26. The van der Waals surface area contributed by atoms with Gasteiger partial charge in [-0.05, 0) is 25.5 Å². The minimum atomic E-state index is -0.550. The molecular formula is C18H19N7O2. The predicted octanol–water partition coefficient (Wildman–Crippen LogP) is 1.52. The molecule has 27 heavy (non-hydrogen) atoms. The second-order valence-electron chi connectivity index (χ2n) is 6.47. The fraction of sp³-hybridized carbons (Fsp3) is 0.278. The van der Waals surface area contributed by atoms with Crippen LogP contribution in [-0.4, -0.2) is 37.9 Å². The highest BCUT2D eigenvalue weighted by atomic mass is 16.2. The zero-order valence-corrected chi connectivity index (χ0v) is 15.0. The largest absolute Gasteiger partial charge is 0.382 e. The van der Waals surface area contributed by atoms with E-state index in [0.717, 1.165) is 11.3 Å². The van der Waals surface area contributed by atoms with Gasteiger partial charge in [0.15, 0.2) is 11.5 Å². The number of rotatable bonds is 3. The Labute approximate surface area is 155 Å². The van der Waals surface area contributed by atoms with Gasteiger partial charge in [-0.15, -0.1) is 0 Å². The van der Waals surface area contributed by atoms with Crippen molar-refractivity contribution in [3.63, 3.8) is 0 Å². The third-order valence-corrected chi connectivity index (χ3v) is 4.85. The minimum Gasteiger partial charge on any atom is -0.382 e. The number of hydrogen-bond donors (Lipinski definition) is 2. The normalized spacial score (nSPS) is 14.2. The molecule has 3 aromatic rings. The predicted molar refractivity (Wildman–Crippen MR) is 101 cm³/mol. The summed E-state index contributed by atoms with van der Waals surface area (Å²) < 4.78 is 1.66. The molecule has 3 N–H and O–H groups in total. The number of aromatic nitrogens is 4. The summed E-state index contributed by atoms with van der Waals surface area (Å²) in [5, 5.41) is 2.97. The van der Waals surface area contributed by atoms with Crippen LogP contribution in [0.2, 0.25) is 0 Å². The molecule has 1 aromatic carbocycles. The van der Waals surface area contributed by atoms with E-state index in [1.807, 2.05) is 18.2 Å². The van der Waals surface area contributed by atoms with Crippen molar-refractivity contribution >= 4 is 40.2 Å². The Morgan fingerprint density at radius 1 is 1.26 bits per heavy atom. The van der Waals surface area contributed by atoms with E-state index in [0.29, 0.717) is 29.8 Å². The SMILES string of the molecule is CC(=O)N1CCc2c(NC(=O)C(C)n3cnc4c(N)ncnc43)cccc21. The number of carbonyl (C=O) groups is 2. The second-order valence-corrected chi connectivity index (χ2v) is 6.47. The lowest BCUT2D eigenvalue weighted by atomic mass is 10.1. The number of fused-ring (bicyclic) bond motifs is 2. The molecule has 0 saturated carbocycles. The van der Waals surface area contributed by atoms with Crippen molar-refractivity contribution in [2.24, 2.45) is 0 Å². The van der Waals surface area contributed by atoms with Crippen LogP contribution < -0.4 is 16.0 Å². The van der Waals surface area contributed by atoms with Gasteiger partial charge in [0, 0.05) is 30.4 Å². The Morgan fingerprint density at radius 3 is 2.85 bits per heavy atom. The van der Waals surface area contributed by atoms with Gasteiger partial charge in [0.2, 0.25) is 11.8 Å². The van der Waals surface area contributed by atoms with Crippen LogP contribution in [0.25, 0.3) is 11.2 Å². The molecule has 3 heterocycles. The van der Waals surface area contributed by atoms with Gasteiger partial charge in [0.25, 0.3) is 0 Å². The lowest BCUT2D eigenvalue weighted by molar-refractivity contribution is -0.119. The van der Waals surface area contributed by atoms with Gasteiger partial charge >= 0.3 is 0 Å². The summed E-state index contributed by atoms with van der Waals surface area (Å²) in [6.45, 7) is 3.93. The monoisotopic (exact) mass is 365 g/mol. The second kappa shape index (κ2) is 6.35. The molecule has 1 aliphatic heterocycles. The summed E-state index contributed by atoms with van der Waals surface area (Å²) in [6, 6.07) is 5.02. The average molecular weight is 365 g/mol. The number of hydrogen-bond acceptors (Lipinski definition) is 6. The number of carbonyl (C=O) groups excluding carboxylic acids is 2. The van der Waals surface area contributed by atoms with Gasteiger partial charge in [-0.1, -0.05) is 6.07 Å². The van der Waals surface area contributed by atoms with Crippen LogP contribution in [0.4, 0.5) is 17.2 Å². The van der Waals surface area contributed by atoms with Gasteiger partial charge in [-0.2, -0.15) is 0 Å². The summed E-state index contributed by atoms with van der Waals surface area (Å²) in [5.74, 6) is 0.0606. The van der Waals surface area contributed by atoms with Crippen LogP contribution in [-0.2, 0) is 16.0 Å². The molecule has 0 fully saturated rings. The molecule has 0 saturated heterocycles. The molecule has 0 bridgehead atoms. The molecule has 2 aromatic heterocycles. The zero-order valence-electron chi connectivity index (χ0n) is 15.0. The van der Waals surface area contributed by atoms with Gasteiger partial charge in [-0.3, -0.25) is 9.59 Å². The maximum Gasteiger partial charge on any atom is 0.247 e. The maximum absolute atomic E-state index is 12.8. The lowest BCUT2D eigenvalue weighted by Crippen LogP contribution is -2.25. The van der Waals surface area contributed by atoms with Crippen LogP contribution in [0.5, 0.6) is 0 Å². The van der Waals surface area contributed by atoms with Crippen LogP contribution in [0.1, 0.15) is 25.5 Å². The summed E-state index contributed by atoms with van der Waals surface area (Å²) in [6.07, 6.45) is 3.59. The Bertz CT molecular complexity index is 1060. The van der Waals surface area contributed by atoms with Crippen LogP contribution >= 0.6 is 0 Å². The third kappa shape index (κ3) is 2.77. The number of benzene rings is 1. The third-order valence-electron chi connectivity index (χ3n) is 4.85. The Kier molecular flexibility index (Phi) is 3.98. The number of imidazole rings is 1. The van der Waals surface area contributed by atoms with E-state index in [-0.39, 0.29) is 17.6 Å². The van der Waals surface area contributed by atoms with Crippen molar-refractivity contribution in [2.75, 3.05) is 22.5 Å². The number of nitrogens with two attached hydrogens (primary N) is 1. The van der Waals surface area contributed by atoms with Crippen molar-refractivity contribution < 1.29 is 9.59 Å². The van der Waals surface area contributed by atoms with E-state index in [2.05, 4.69) is 20.3 Å². The Balaban J connectivity index is 1.61. The van der Waals surface area contributed by atoms with Crippen molar-refractivity contribution in [3.05, 3.63) is 36.4 Å². The smallest absolute Gasteiger partial charge is 0.247 e. The molecule has 1 atom stereocenters. The van der Waals surface area contributed by atoms with E-state index >= 15 is 0 Å². The molecule has 9 nitrogen and oxygen atoms in total. The Morgan fingerprint density at radius 2 is 2.07 bits per heavy atom. The fourth-order valence-electron chi connectivity index (χ4n) is 3.40. The standard InChI is InChI=1S/C18H19N7O2/c1-10(25-9-22-15-16(19)20-8-21-17(15)25)18(27)23-13-4-3-5-14-12(13)6-7-24(14)11(2)26/h3-5,8-10H,6-7H2,1-2H3,(H,23,27)(H2,19,20,21). The number of anilines is 3. The van der Waals surface area contributed by atoms with Crippen LogP contribution in [0.3, 0.4) is 0 Å². The quantitative estimate of drug-likeness (QED) is 0.726. The first-order valence-corrected chi connectivity index (χ1v) is 8.61. The van der Waals surface area contributed by atoms with Crippen molar-refractivity contribution in [1.82, 2.24) is 19.5 Å². The first-order valence-electron chi connectivity index (χ1n) is 8.61. The topological polar surface area (TPSA) is 119 Å². The number of nitrogen functional groups attached to an aromatic ring is 1. The Hall–Kier alpha value is -3.49. The molecule has 0 radical (unpaired) electrons. The summed E-state index contributed by atoms with van der Waals surface area (Å²) in [7, 11) is 0. The summed E-state index contributed by atoms with van der Waals surface area (Å²) in [4.78, 5) is 38.6. The van der Waals surface area contributed by atoms with E-state index in [9.17, 15) is 9.59 Å².